The van der Waals surface area contributed by atoms with Crippen LogP contribution in [0.15, 0.2) is 0 Å². The monoisotopic (exact) mass is 188 g/mol. The van der Waals surface area contributed by atoms with E-state index in [0.29, 0.717) is 0 Å². The topological polar surface area (TPSA) is 55.3 Å². The Labute approximate surface area is 69.0 Å². The summed E-state index contributed by atoms with van der Waals surface area (Å²) in [6.45, 7) is 0. The molecule has 0 aromatic heterocycles. The van der Waals surface area contributed by atoms with Crippen molar-refractivity contribution in [1.29, 1.82) is 0 Å². The Morgan fingerprint density at radius 3 is 1.20 bits per heavy atom. The molecule has 0 fully saturated rings. The third-order valence-corrected chi connectivity index (χ3v) is 0. The zero-order valence-corrected chi connectivity index (χ0v) is 7.26. The van der Waals surface area contributed by atoms with Gasteiger partial charge >= 0.3 is 0 Å². The summed E-state index contributed by atoms with van der Waals surface area (Å²) in [4.78, 5) is 0. The molecule has 0 aromatic rings. The van der Waals surface area contributed by atoms with Crippen LogP contribution in [-0.4, -0.2) is 12.5 Å². The van der Waals surface area contributed by atoms with Gasteiger partial charge in [-0.25, -0.2) is 0 Å². The van der Waals surface area contributed by atoms with E-state index in [1.165, 1.54) is 7.05 Å². The van der Waals surface area contributed by atoms with Crippen LogP contribution in [-0.2, 0) is 51.3 Å². The van der Waals surface area contributed by atoms with Crippen molar-refractivity contribution in [2.45, 2.75) is 0 Å². The van der Waals surface area contributed by atoms with Gasteiger partial charge in [0.1, 0.15) is 0 Å². The van der Waals surface area contributed by atoms with E-state index in [1.54, 1.807) is 0 Å². The van der Waals surface area contributed by atoms with Crippen LogP contribution in [0.1, 0.15) is 0 Å². The Bertz CT molecular complexity index is 11.6. The summed E-state index contributed by atoms with van der Waals surface area (Å²) in [6, 6.07) is 0. The summed E-state index contributed by atoms with van der Waals surface area (Å²) < 4.78 is 0. The maximum Gasteiger partial charge on any atom is 0 e. The first-order chi connectivity index (χ1) is 1.00. The fourth-order valence-corrected chi connectivity index (χ4v) is 0. The fraction of sp³-hybridized carbons (Fsp3) is 1.00. The summed E-state index contributed by atoms with van der Waals surface area (Å²) in [5.41, 5.74) is 5.75. The Kier molecular flexibility index (Phi) is 281. The normalized spacial score (nSPS) is 1.20. The van der Waals surface area contributed by atoms with Crippen LogP contribution in [0.25, 0.3) is 5.73 Å². The fourth-order valence-electron chi connectivity index (χ4n) is 0. The molecule has 0 saturated carbocycles. The van der Waals surface area contributed by atoms with Crippen LogP contribution in [0, 0.1) is 0 Å². The molecule has 0 bridgehead atoms. The van der Waals surface area contributed by atoms with Crippen LogP contribution in [0.2, 0.25) is 0 Å². The van der Waals surface area contributed by atoms with Crippen LogP contribution in [0.5, 0.6) is 0 Å². The molecule has 2 nitrogen and oxygen atoms in total. The molecule has 5 heavy (non-hydrogen) atoms. The Balaban J connectivity index is -0.00000000167. The first-order valence-electron chi connectivity index (χ1n) is 0.500. The molecule has 0 aliphatic heterocycles. The van der Waals surface area contributed by atoms with Crippen LogP contribution >= 0.6 is 0 Å². The van der Waals surface area contributed by atoms with Gasteiger partial charge in [0.2, 0.25) is 0 Å². The van der Waals surface area contributed by atoms with Gasteiger partial charge in [0.25, 0.3) is 0 Å². The SMILES string of the molecule is C[NH-].O.[V].[Y]. The summed E-state index contributed by atoms with van der Waals surface area (Å²) in [6.07, 6.45) is 0. The molecule has 0 spiro atoms. The minimum Gasteiger partial charge on any atom is -0.680 e. The van der Waals surface area contributed by atoms with Gasteiger partial charge in [-0.15, -0.1) is 0 Å². The average Bonchev–Trinajstić information content (AvgIpc) is 1.00. The number of nitrogens with one attached hydrogen (secondary N) is 1. The molecule has 0 saturated heterocycles. The van der Waals surface area contributed by atoms with E-state index in [2.05, 4.69) is 0 Å². The zero-order chi connectivity index (χ0) is 2.00. The van der Waals surface area contributed by atoms with E-state index in [1.807, 2.05) is 0 Å². The van der Waals surface area contributed by atoms with E-state index in [-0.39, 0.29) is 56.7 Å². The molecule has 0 aliphatic rings. The molecule has 0 aromatic carbocycles. The first kappa shape index (κ1) is 30.6. The molecule has 0 atom stereocenters. The smallest absolute Gasteiger partial charge is 0 e. The van der Waals surface area contributed by atoms with Crippen molar-refractivity contribution in [3.05, 3.63) is 5.73 Å². The molecule has 3 N–H and O–H groups in total. The third-order valence-electron chi connectivity index (χ3n) is 0. The number of hydrogen-bond donors (Lipinski definition) is 0. The minimum atomic E-state index is 0. The third kappa shape index (κ3) is 28.2. The van der Waals surface area contributed by atoms with E-state index < -0.39 is 0 Å². The van der Waals surface area contributed by atoms with Crippen molar-refractivity contribution >= 4 is 0 Å². The second-order valence-corrected chi connectivity index (χ2v) is 0. The number of rotatable bonds is 0. The first-order valence-corrected chi connectivity index (χ1v) is 0.500. The molecule has 4 heteroatoms. The predicted molar refractivity (Wildman–Crippen MR) is 13.9 cm³/mol. The van der Waals surface area contributed by atoms with Gasteiger partial charge < -0.3 is 11.2 Å². The summed E-state index contributed by atoms with van der Waals surface area (Å²) in [7, 11) is 1.25. The van der Waals surface area contributed by atoms with Crippen LogP contribution in [0.3, 0.4) is 0 Å². The molecular formula is CH6NOVY-. The van der Waals surface area contributed by atoms with E-state index in [9.17, 15) is 0 Å². The number of hydrogen-bond acceptors (Lipinski definition) is 0. The maximum absolute atomic E-state index is 5.75. The predicted octanol–water partition coefficient (Wildman–Crippen LogP) is -0.161. The Morgan fingerprint density at radius 2 is 1.20 bits per heavy atom. The van der Waals surface area contributed by atoms with Crippen molar-refractivity contribution in [2.24, 2.45) is 0 Å². The van der Waals surface area contributed by atoms with Crippen molar-refractivity contribution < 1.29 is 56.7 Å². The molecule has 0 amide bonds. The summed E-state index contributed by atoms with van der Waals surface area (Å²) in [5.74, 6) is 0. The van der Waals surface area contributed by atoms with Crippen molar-refractivity contribution in [3.63, 3.8) is 0 Å². The molecule has 0 unspecified atom stereocenters. The summed E-state index contributed by atoms with van der Waals surface area (Å²) in [5, 5.41) is 0. The minimum absolute atomic E-state index is 0. The second kappa shape index (κ2) is 46.0. The van der Waals surface area contributed by atoms with Gasteiger partial charge in [-0.3, -0.25) is 0 Å². The van der Waals surface area contributed by atoms with Gasteiger partial charge in [-0.1, -0.05) is 0 Å². The molecule has 2 radical (unpaired) electrons. The van der Waals surface area contributed by atoms with Gasteiger partial charge in [-0.05, 0) is 0 Å². The molecule has 30 valence electrons. The van der Waals surface area contributed by atoms with Gasteiger partial charge in [-0.2, -0.15) is 7.05 Å². The molecule has 0 rings (SSSR count). The maximum atomic E-state index is 5.75. The quantitative estimate of drug-likeness (QED) is 0.507. The van der Waals surface area contributed by atoms with E-state index in [0.717, 1.165) is 0 Å². The zero-order valence-electron chi connectivity index (χ0n) is 3.02. The van der Waals surface area contributed by atoms with Crippen LogP contribution < -0.4 is 0 Å². The van der Waals surface area contributed by atoms with E-state index in [4.69, 9.17) is 5.73 Å². The van der Waals surface area contributed by atoms with E-state index >= 15 is 0 Å². The Morgan fingerprint density at radius 1 is 1.20 bits per heavy atom. The van der Waals surface area contributed by atoms with Gasteiger partial charge in [0.05, 0.1) is 0 Å². The molecule has 0 aliphatic carbocycles. The molecular weight excluding hydrogens is 182 g/mol. The second-order valence-electron chi connectivity index (χ2n) is 0. The van der Waals surface area contributed by atoms with Gasteiger partial charge in [0, 0.05) is 51.3 Å². The van der Waals surface area contributed by atoms with Crippen LogP contribution in [0.4, 0.5) is 0 Å². The largest absolute Gasteiger partial charge is 0.680 e. The molecule has 0 heterocycles. The van der Waals surface area contributed by atoms with Crippen molar-refractivity contribution in [3.8, 4) is 0 Å². The summed E-state index contributed by atoms with van der Waals surface area (Å²) >= 11 is 0. The van der Waals surface area contributed by atoms with Crippen molar-refractivity contribution in [2.75, 3.05) is 7.05 Å². The van der Waals surface area contributed by atoms with Crippen molar-refractivity contribution in [1.82, 2.24) is 0 Å². The standard InChI is InChI=1S/CH4N.H2O.V.Y/c1-2;;;/h2H,1H3;1H2;;/q-1;;;. The van der Waals surface area contributed by atoms with Gasteiger partial charge in [0.15, 0.2) is 0 Å². The Hall–Kier alpha value is 1.61. The average molecular weight is 188 g/mol.